The van der Waals surface area contributed by atoms with Crippen molar-refractivity contribution in [1.82, 2.24) is 20.0 Å². The molecule has 0 radical (unpaired) electrons. The van der Waals surface area contributed by atoms with Crippen LogP contribution in [0.1, 0.15) is 45.1 Å². The van der Waals surface area contributed by atoms with Crippen molar-refractivity contribution in [2.24, 2.45) is 0 Å². The van der Waals surface area contributed by atoms with Crippen LogP contribution in [-0.4, -0.2) is 45.8 Å². The van der Waals surface area contributed by atoms with Gasteiger partial charge in [0.05, 0.1) is 10.7 Å². The molecule has 3 atom stereocenters. The first-order chi connectivity index (χ1) is 10.1. The number of piperidine rings is 1. The molecule has 3 rings (SSSR count). The van der Waals surface area contributed by atoms with Gasteiger partial charge >= 0.3 is 0 Å². The molecule has 2 aliphatic rings. The first-order valence-electron chi connectivity index (χ1n) is 7.80. The smallest absolute Gasteiger partial charge is 0.245 e. The fraction of sp³-hybridized carbons (Fsp3) is 0.733. The fourth-order valence-electron chi connectivity index (χ4n) is 3.80. The number of amides is 1. The topological polar surface area (TPSA) is 50.2 Å². The zero-order valence-corrected chi connectivity index (χ0v) is 14.2. The Morgan fingerprint density at radius 1 is 1.48 bits per heavy atom. The maximum atomic E-state index is 12.6. The summed E-state index contributed by atoms with van der Waals surface area (Å²) >= 11 is 3.39. The van der Waals surface area contributed by atoms with Gasteiger partial charge in [0.1, 0.15) is 6.04 Å². The molecule has 0 aliphatic carbocycles. The molecule has 5 nitrogen and oxygen atoms in total. The molecule has 1 aromatic heterocycles. The number of carbonyl (C=O) groups is 1. The van der Waals surface area contributed by atoms with Crippen LogP contribution < -0.4 is 5.32 Å². The largest absolute Gasteiger partial charge is 0.351 e. The van der Waals surface area contributed by atoms with E-state index in [0.29, 0.717) is 18.1 Å². The zero-order valence-electron chi connectivity index (χ0n) is 12.6. The van der Waals surface area contributed by atoms with Crippen LogP contribution in [0.15, 0.2) is 16.9 Å². The van der Waals surface area contributed by atoms with Crippen molar-refractivity contribution in [3.8, 4) is 0 Å². The second-order valence-electron chi connectivity index (χ2n) is 6.29. The molecule has 1 N–H and O–H groups in total. The Morgan fingerprint density at radius 3 is 2.67 bits per heavy atom. The van der Waals surface area contributed by atoms with Crippen LogP contribution >= 0.6 is 15.9 Å². The van der Waals surface area contributed by atoms with Crippen LogP contribution in [0.3, 0.4) is 0 Å². The van der Waals surface area contributed by atoms with E-state index in [1.54, 1.807) is 10.9 Å². The lowest BCUT2D eigenvalue weighted by molar-refractivity contribution is -0.125. The first kappa shape index (κ1) is 15.0. The minimum absolute atomic E-state index is 0.0991. The Morgan fingerprint density at radius 2 is 2.14 bits per heavy atom. The molecule has 0 spiro atoms. The number of carbonyl (C=O) groups excluding carboxylic acids is 1. The van der Waals surface area contributed by atoms with Gasteiger partial charge in [0.15, 0.2) is 0 Å². The quantitative estimate of drug-likeness (QED) is 0.902. The molecule has 21 heavy (non-hydrogen) atoms. The highest BCUT2D eigenvalue weighted by Crippen LogP contribution is 2.34. The lowest BCUT2D eigenvalue weighted by atomic mass is 9.97. The van der Waals surface area contributed by atoms with Crippen molar-refractivity contribution >= 4 is 21.8 Å². The van der Waals surface area contributed by atoms with E-state index in [9.17, 15) is 4.79 Å². The highest BCUT2D eigenvalue weighted by Gasteiger charge is 2.39. The van der Waals surface area contributed by atoms with E-state index in [4.69, 9.17) is 0 Å². The monoisotopic (exact) mass is 354 g/mol. The van der Waals surface area contributed by atoms with Crippen LogP contribution in [0.4, 0.5) is 0 Å². The Hall–Kier alpha value is -0.880. The Kier molecular flexibility index (Phi) is 4.36. The number of rotatable bonds is 4. The second-order valence-corrected chi connectivity index (χ2v) is 7.21. The molecule has 2 fully saturated rings. The van der Waals surface area contributed by atoms with Crippen molar-refractivity contribution in [1.29, 1.82) is 0 Å². The van der Waals surface area contributed by atoms with Crippen molar-refractivity contribution in [2.75, 3.05) is 7.05 Å². The van der Waals surface area contributed by atoms with E-state index < -0.39 is 0 Å². The summed E-state index contributed by atoms with van der Waals surface area (Å²) in [6.07, 6.45) is 9.06. The van der Waals surface area contributed by atoms with Gasteiger partial charge in [-0.25, -0.2) is 0 Å². The van der Waals surface area contributed by atoms with Crippen molar-refractivity contribution < 1.29 is 4.79 Å². The first-order valence-corrected chi connectivity index (χ1v) is 8.59. The van der Waals surface area contributed by atoms with Crippen LogP contribution in [0.5, 0.6) is 0 Å². The number of halogens is 1. The lowest BCUT2D eigenvalue weighted by Crippen LogP contribution is -2.50. The van der Waals surface area contributed by atoms with Gasteiger partial charge in [-0.05, 0) is 55.1 Å². The van der Waals surface area contributed by atoms with Crippen molar-refractivity contribution in [2.45, 2.75) is 63.2 Å². The van der Waals surface area contributed by atoms with Crippen LogP contribution in [0.2, 0.25) is 0 Å². The number of nitrogens with one attached hydrogen (secondary N) is 1. The standard InChI is InChI=1S/C15H23BrN4O/c1-3-14(20-9-10(16)8-17-20)15(21)18-11-6-12-4-5-13(7-11)19(12)2/h8-9,11-14H,3-7H2,1-2H3,(H,18,21). The summed E-state index contributed by atoms with van der Waals surface area (Å²) < 4.78 is 2.66. The highest BCUT2D eigenvalue weighted by molar-refractivity contribution is 9.10. The summed E-state index contributed by atoms with van der Waals surface area (Å²) in [6, 6.07) is 1.40. The van der Waals surface area contributed by atoms with Gasteiger partial charge in [-0.2, -0.15) is 5.10 Å². The minimum atomic E-state index is -0.214. The molecule has 0 saturated carbocycles. The number of nitrogens with zero attached hydrogens (tertiary/aromatic N) is 3. The molecule has 116 valence electrons. The third-order valence-electron chi connectivity index (χ3n) is 5.02. The molecule has 0 aromatic carbocycles. The molecule has 2 aliphatic heterocycles. The number of fused-ring (bicyclic) bond motifs is 2. The molecule has 1 aromatic rings. The Labute approximate surface area is 134 Å². The number of hydrogen-bond donors (Lipinski definition) is 1. The van der Waals surface area contributed by atoms with E-state index in [1.807, 2.05) is 13.1 Å². The molecular formula is C15H23BrN4O. The van der Waals surface area contributed by atoms with Gasteiger partial charge in [-0.1, -0.05) is 6.92 Å². The van der Waals surface area contributed by atoms with Crippen LogP contribution in [0, 0.1) is 0 Å². The van der Waals surface area contributed by atoms with E-state index in [2.05, 4.69) is 38.3 Å². The third kappa shape index (κ3) is 3.01. The van der Waals surface area contributed by atoms with E-state index >= 15 is 0 Å². The van der Waals surface area contributed by atoms with Crippen molar-refractivity contribution in [3.63, 3.8) is 0 Å². The summed E-state index contributed by atoms with van der Waals surface area (Å²) in [6.45, 7) is 2.03. The molecule has 6 heteroatoms. The average molecular weight is 355 g/mol. The summed E-state index contributed by atoms with van der Waals surface area (Å²) in [7, 11) is 2.22. The van der Waals surface area contributed by atoms with Gasteiger partial charge in [0.2, 0.25) is 5.91 Å². The summed E-state index contributed by atoms with van der Waals surface area (Å²) in [5, 5.41) is 7.51. The third-order valence-corrected chi connectivity index (χ3v) is 5.43. The molecule has 2 saturated heterocycles. The normalized spacial score (nSPS) is 30.3. The molecular weight excluding hydrogens is 332 g/mol. The molecule has 3 unspecified atom stereocenters. The Bertz CT molecular complexity index is 504. The van der Waals surface area contributed by atoms with Gasteiger partial charge in [0, 0.05) is 24.3 Å². The predicted molar refractivity (Wildman–Crippen MR) is 85.0 cm³/mol. The highest BCUT2D eigenvalue weighted by atomic mass is 79.9. The lowest BCUT2D eigenvalue weighted by Gasteiger charge is -2.37. The van der Waals surface area contributed by atoms with Gasteiger partial charge in [-0.15, -0.1) is 0 Å². The van der Waals surface area contributed by atoms with Gasteiger partial charge in [-0.3, -0.25) is 9.48 Å². The van der Waals surface area contributed by atoms with E-state index in [-0.39, 0.29) is 11.9 Å². The molecule has 2 bridgehead atoms. The predicted octanol–water partition coefficient (Wildman–Crippen LogP) is 2.34. The molecule has 3 heterocycles. The summed E-state index contributed by atoms with van der Waals surface area (Å²) in [5.74, 6) is 0.0991. The van der Waals surface area contributed by atoms with Crippen LogP contribution in [-0.2, 0) is 4.79 Å². The fourth-order valence-corrected chi connectivity index (χ4v) is 4.11. The maximum Gasteiger partial charge on any atom is 0.245 e. The van der Waals surface area contributed by atoms with Gasteiger partial charge in [0.25, 0.3) is 0 Å². The van der Waals surface area contributed by atoms with Crippen molar-refractivity contribution in [3.05, 3.63) is 16.9 Å². The van der Waals surface area contributed by atoms with Gasteiger partial charge < -0.3 is 10.2 Å². The second kappa shape index (κ2) is 6.08. The number of hydrogen-bond acceptors (Lipinski definition) is 3. The maximum absolute atomic E-state index is 12.6. The van der Waals surface area contributed by atoms with Crippen LogP contribution in [0.25, 0.3) is 0 Å². The number of aromatic nitrogens is 2. The minimum Gasteiger partial charge on any atom is -0.351 e. The molecule has 1 amide bonds. The zero-order chi connectivity index (χ0) is 15.0. The average Bonchev–Trinajstić information content (AvgIpc) is 2.93. The summed E-state index contributed by atoms with van der Waals surface area (Å²) in [4.78, 5) is 15.1. The van der Waals surface area contributed by atoms with E-state index in [0.717, 1.165) is 23.7 Å². The SMILES string of the molecule is CCC(C(=O)NC1CC2CCC(C1)N2C)n1cc(Br)cn1. The summed E-state index contributed by atoms with van der Waals surface area (Å²) in [5.41, 5.74) is 0. The van der Waals surface area contributed by atoms with E-state index in [1.165, 1.54) is 12.8 Å². The Balaban J connectivity index is 1.63.